The first kappa shape index (κ1) is 19.3. The van der Waals surface area contributed by atoms with Crippen molar-refractivity contribution in [3.63, 3.8) is 0 Å². The highest BCUT2D eigenvalue weighted by atomic mass is 16.5. The standard InChI is InChI=1S/C24H19N3O3/c28-23(27-30)12-8-16-5-9-18(10-6-16)24(29)26-25-15-17-7-11-22-20(13-17)14-19-3-1-2-4-21(19)22/h1-13,15,30H,14H2,(H,26,29)(H,27,28)/b12-8+,25-15+. The van der Waals surface area contributed by atoms with E-state index in [1.165, 1.54) is 39.9 Å². The third kappa shape index (κ3) is 4.19. The fraction of sp³-hybridized carbons (Fsp3) is 0.0417. The number of carbonyl (C=O) groups excluding carboxylic acids is 2. The van der Waals surface area contributed by atoms with Crippen molar-refractivity contribution in [1.82, 2.24) is 10.9 Å². The van der Waals surface area contributed by atoms with Crippen molar-refractivity contribution in [3.05, 3.63) is 101 Å². The van der Waals surface area contributed by atoms with Crippen LogP contribution in [-0.2, 0) is 11.2 Å². The summed E-state index contributed by atoms with van der Waals surface area (Å²) in [5.74, 6) is -0.954. The third-order valence-corrected chi connectivity index (χ3v) is 4.91. The first-order valence-electron chi connectivity index (χ1n) is 9.41. The van der Waals surface area contributed by atoms with Crippen molar-refractivity contribution >= 4 is 24.1 Å². The van der Waals surface area contributed by atoms with E-state index in [-0.39, 0.29) is 5.91 Å². The van der Waals surface area contributed by atoms with Crippen LogP contribution in [0, 0.1) is 0 Å². The van der Waals surface area contributed by atoms with E-state index < -0.39 is 5.91 Å². The molecule has 6 nitrogen and oxygen atoms in total. The Labute approximate surface area is 173 Å². The van der Waals surface area contributed by atoms with Crippen LogP contribution in [0.1, 0.15) is 32.6 Å². The fourth-order valence-electron chi connectivity index (χ4n) is 3.43. The summed E-state index contributed by atoms with van der Waals surface area (Å²) in [6, 6.07) is 21.2. The molecule has 0 aromatic heterocycles. The largest absolute Gasteiger partial charge is 0.288 e. The molecule has 0 radical (unpaired) electrons. The minimum Gasteiger partial charge on any atom is -0.288 e. The lowest BCUT2D eigenvalue weighted by molar-refractivity contribution is -0.124. The predicted octanol–water partition coefficient (Wildman–Crippen LogP) is 3.54. The molecule has 1 aliphatic rings. The molecule has 2 amide bonds. The Hall–Kier alpha value is -4.03. The Morgan fingerprint density at radius 3 is 2.43 bits per heavy atom. The van der Waals surface area contributed by atoms with Crippen LogP contribution >= 0.6 is 0 Å². The maximum atomic E-state index is 12.3. The van der Waals surface area contributed by atoms with Crippen LogP contribution < -0.4 is 10.9 Å². The summed E-state index contributed by atoms with van der Waals surface area (Å²) in [5.41, 5.74) is 11.2. The maximum Gasteiger partial charge on any atom is 0.271 e. The molecule has 4 rings (SSSR count). The summed E-state index contributed by atoms with van der Waals surface area (Å²) in [4.78, 5) is 23.2. The topological polar surface area (TPSA) is 90.8 Å². The molecule has 0 saturated heterocycles. The van der Waals surface area contributed by atoms with Crippen molar-refractivity contribution in [3.8, 4) is 11.1 Å². The summed E-state index contributed by atoms with van der Waals surface area (Å²) < 4.78 is 0. The molecule has 148 valence electrons. The Kier molecular flexibility index (Phi) is 5.50. The molecule has 0 aliphatic heterocycles. The van der Waals surface area contributed by atoms with Gasteiger partial charge in [0, 0.05) is 11.6 Å². The lowest BCUT2D eigenvalue weighted by Crippen LogP contribution is -2.17. The number of hydrogen-bond donors (Lipinski definition) is 3. The molecule has 3 aromatic carbocycles. The van der Waals surface area contributed by atoms with E-state index in [9.17, 15) is 9.59 Å². The van der Waals surface area contributed by atoms with Gasteiger partial charge in [-0.15, -0.1) is 0 Å². The molecule has 3 N–H and O–H groups in total. The number of rotatable bonds is 5. The zero-order valence-corrected chi connectivity index (χ0v) is 16.0. The van der Waals surface area contributed by atoms with Crippen LogP contribution in [0.25, 0.3) is 17.2 Å². The molecule has 1 aliphatic carbocycles. The average Bonchev–Trinajstić information content (AvgIpc) is 3.15. The van der Waals surface area contributed by atoms with E-state index >= 15 is 0 Å². The molecular formula is C24H19N3O3. The molecule has 0 bridgehead atoms. The van der Waals surface area contributed by atoms with Gasteiger partial charge in [0.05, 0.1) is 6.21 Å². The highest BCUT2D eigenvalue weighted by Crippen LogP contribution is 2.36. The second-order valence-electron chi connectivity index (χ2n) is 6.88. The summed E-state index contributed by atoms with van der Waals surface area (Å²) >= 11 is 0. The SMILES string of the molecule is O=C(/C=C/c1ccc(C(=O)N/N=C/c2ccc3c(c2)Cc2ccccc2-3)cc1)NO. The van der Waals surface area contributed by atoms with Gasteiger partial charge < -0.3 is 0 Å². The minimum absolute atomic E-state index is 0.330. The molecule has 0 unspecified atom stereocenters. The van der Waals surface area contributed by atoms with Gasteiger partial charge in [0.2, 0.25) is 0 Å². The molecule has 0 atom stereocenters. The van der Waals surface area contributed by atoms with Crippen molar-refractivity contribution in [2.75, 3.05) is 0 Å². The summed E-state index contributed by atoms with van der Waals surface area (Å²) in [7, 11) is 0. The van der Waals surface area contributed by atoms with Crippen LogP contribution in [-0.4, -0.2) is 23.2 Å². The quantitative estimate of drug-likeness (QED) is 0.208. The second-order valence-corrected chi connectivity index (χ2v) is 6.88. The van der Waals surface area contributed by atoms with E-state index in [1.54, 1.807) is 30.5 Å². The van der Waals surface area contributed by atoms with Gasteiger partial charge in [0.15, 0.2) is 0 Å². The van der Waals surface area contributed by atoms with Crippen molar-refractivity contribution in [2.24, 2.45) is 5.10 Å². The lowest BCUT2D eigenvalue weighted by Gasteiger charge is -2.03. The average molecular weight is 397 g/mol. The van der Waals surface area contributed by atoms with Crippen molar-refractivity contribution < 1.29 is 14.8 Å². The first-order chi connectivity index (χ1) is 14.6. The number of nitrogens with zero attached hydrogens (tertiary/aromatic N) is 1. The van der Waals surface area contributed by atoms with Crippen LogP contribution in [0.2, 0.25) is 0 Å². The number of amides is 2. The third-order valence-electron chi connectivity index (χ3n) is 4.91. The summed E-state index contributed by atoms with van der Waals surface area (Å²) in [5, 5.41) is 12.5. The Balaban J connectivity index is 1.38. The van der Waals surface area contributed by atoms with Gasteiger partial charge in [0.25, 0.3) is 11.8 Å². The molecule has 30 heavy (non-hydrogen) atoms. The fourth-order valence-corrected chi connectivity index (χ4v) is 3.43. The molecule has 0 heterocycles. The van der Waals surface area contributed by atoms with Gasteiger partial charge in [-0.05, 0) is 64.1 Å². The summed E-state index contributed by atoms with van der Waals surface area (Å²) in [6.45, 7) is 0. The Bertz CT molecular complexity index is 1160. The number of carbonyl (C=O) groups is 2. The van der Waals surface area contributed by atoms with E-state index in [0.29, 0.717) is 5.56 Å². The molecule has 3 aromatic rings. The smallest absolute Gasteiger partial charge is 0.271 e. The molecular weight excluding hydrogens is 378 g/mol. The highest BCUT2D eigenvalue weighted by molar-refractivity contribution is 5.95. The molecule has 0 fully saturated rings. The molecule has 0 saturated carbocycles. The van der Waals surface area contributed by atoms with Crippen LogP contribution in [0.15, 0.2) is 77.9 Å². The van der Waals surface area contributed by atoms with Gasteiger partial charge in [-0.1, -0.05) is 48.5 Å². The van der Waals surface area contributed by atoms with Gasteiger partial charge in [0.1, 0.15) is 0 Å². The second kappa shape index (κ2) is 8.55. The zero-order chi connectivity index (χ0) is 20.9. The predicted molar refractivity (Wildman–Crippen MR) is 115 cm³/mol. The maximum absolute atomic E-state index is 12.3. The normalized spacial score (nSPS) is 12.0. The van der Waals surface area contributed by atoms with E-state index in [2.05, 4.69) is 40.9 Å². The monoisotopic (exact) mass is 397 g/mol. The Morgan fingerprint density at radius 1 is 0.900 bits per heavy atom. The minimum atomic E-state index is -0.624. The lowest BCUT2D eigenvalue weighted by atomic mass is 10.0. The van der Waals surface area contributed by atoms with Gasteiger partial charge in [-0.25, -0.2) is 10.9 Å². The number of hydroxylamine groups is 1. The number of benzene rings is 3. The number of fused-ring (bicyclic) bond motifs is 3. The zero-order valence-electron chi connectivity index (χ0n) is 16.0. The van der Waals surface area contributed by atoms with Crippen LogP contribution in [0.4, 0.5) is 0 Å². The number of nitrogens with one attached hydrogen (secondary N) is 2. The number of hydrogen-bond acceptors (Lipinski definition) is 4. The van der Waals surface area contributed by atoms with Crippen LogP contribution in [0.3, 0.4) is 0 Å². The first-order valence-corrected chi connectivity index (χ1v) is 9.41. The highest BCUT2D eigenvalue weighted by Gasteiger charge is 2.17. The van der Waals surface area contributed by atoms with E-state index in [1.807, 2.05) is 12.1 Å². The number of hydrazone groups is 1. The molecule has 0 spiro atoms. The van der Waals surface area contributed by atoms with E-state index in [0.717, 1.165) is 17.5 Å². The van der Waals surface area contributed by atoms with Gasteiger partial charge in [-0.3, -0.25) is 14.8 Å². The van der Waals surface area contributed by atoms with E-state index in [4.69, 9.17) is 5.21 Å². The Morgan fingerprint density at radius 2 is 1.63 bits per heavy atom. The van der Waals surface area contributed by atoms with Crippen molar-refractivity contribution in [2.45, 2.75) is 6.42 Å². The van der Waals surface area contributed by atoms with Gasteiger partial charge >= 0.3 is 0 Å². The van der Waals surface area contributed by atoms with Crippen LogP contribution in [0.5, 0.6) is 0 Å². The molecule has 6 heteroatoms. The summed E-state index contributed by atoms with van der Waals surface area (Å²) in [6.07, 6.45) is 5.25. The van der Waals surface area contributed by atoms with Crippen molar-refractivity contribution in [1.29, 1.82) is 0 Å². The van der Waals surface area contributed by atoms with Gasteiger partial charge in [-0.2, -0.15) is 5.10 Å².